The van der Waals surface area contributed by atoms with E-state index in [-0.39, 0.29) is 5.56 Å². The molecule has 1 aromatic carbocycles. The minimum absolute atomic E-state index is 0.214. The highest BCUT2D eigenvalue weighted by Crippen LogP contribution is 2.27. The molecule has 1 N–H and O–H groups in total. The number of nitrogens with zero attached hydrogens (tertiary/aromatic N) is 1. The van der Waals surface area contributed by atoms with E-state index in [1.165, 1.54) is 7.11 Å². The van der Waals surface area contributed by atoms with Gasteiger partial charge in [-0.15, -0.1) is 0 Å². The van der Waals surface area contributed by atoms with Gasteiger partial charge in [-0.2, -0.15) is 0 Å². The maximum Gasteiger partial charge on any atom is 0.263 e. The molecule has 84 valence electrons. The number of hydrogen-bond donors (Lipinski definition) is 1. The highest BCUT2D eigenvalue weighted by atomic mass is 127. The maximum absolute atomic E-state index is 11.8. The molecular formula is C10H9IN2O3. The number of nitrogens with one attached hydrogen (secondary N) is 1. The Kier molecular flexibility index (Phi) is 2.99. The summed E-state index contributed by atoms with van der Waals surface area (Å²) in [6.45, 7) is 0. The molecular weight excluding hydrogens is 323 g/mol. The molecule has 0 aliphatic rings. The molecule has 2 rings (SSSR count). The van der Waals surface area contributed by atoms with Crippen molar-refractivity contribution in [1.82, 2.24) is 9.97 Å². The van der Waals surface area contributed by atoms with Gasteiger partial charge in [0.15, 0.2) is 3.83 Å². The zero-order chi connectivity index (χ0) is 11.7. The van der Waals surface area contributed by atoms with Crippen LogP contribution in [0.3, 0.4) is 0 Å². The van der Waals surface area contributed by atoms with Crippen LogP contribution in [0.2, 0.25) is 0 Å². The van der Waals surface area contributed by atoms with E-state index in [9.17, 15) is 4.79 Å². The van der Waals surface area contributed by atoms with Crippen LogP contribution in [0.15, 0.2) is 16.9 Å². The van der Waals surface area contributed by atoms with Gasteiger partial charge >= 0.3 is 0 Å². The third kappa shape index (κ3) is 1.84. The van der Waals surface area contributed by atoms with Crippen molar-refractivity contribution in [1.29, 1.82) is 0 Å². The summed E-state index contributed by atoms with van der Waals surface area (Å²) in [5, 5.41) is 0.434. The number of benzene rings is 1. The van der Waals surface area contributed by atoms with Crippen LogP contribution in [0.1, 0.15) is 0 Å². The highest BCUT2D eigenvalue weighted by Gasteiger charge is 2.10. The van der Waals surface area contributed by atoms with Crippen LogP contribution in [0.25, 0.3) is 10.9 Å². The number of H-pyrrole nitrogens is 1. The number of methoxy groups -OCH3 is 2. The first-order valence-electron chi connectivity index (χ1n) is 4.47. The van der Waals surface area contributed by atoms with E-state index in [0.29, 0.717) is 26.2 Å². The number of ether oxygens (including phenoxy) is 2. The predicted octanol–water partition coefficient (Wildman–Crippen LogP) is 1.54. The third-order valence-electron chi connectivity index (χ3n) is 2.17. The van der Waals surface area contributed by atoms with Gasteiger partial charge in [0.1, 0.15) is 16.9 Å². The van der Waals surface area contributed by atoms with Gasteiger partial charge in [-0.1, -0.05) is 0 Å². The normalized spacial score (nSPS) is 10.4. The standard InChI is InChI=1S/C10H9IN2O3/c1-15-5-3-6-8(7(4-5)16-2)9(14)13-10(11)12-6/h3-4H,1-2H3,(H,12,13,14). The lowest BCUT2D eigenvalue weighted by Gasteiger charge is -2.07. The largest absolute Gasteiger partial charge is 0.497 e. The summed E-state index contributed by atoms with van der Waals surface area (Å²) in [6.07, 6.45) is 0. The number of aromatic nitrogens is 2. The van der Waals surface area contributed by atoms with Gasteiger partial charge < -0.3 is 14.5 Å². The van der Waals surface area contributed by atoms with Gasteiger partial charge in [0.05, 0.1) is 19.7 Å². The summed E-state index contributed by atoms with van der Waals surface area (Å²) < 4.78 is 10.8. The first-order chi connectivity index (χ1) is 7.65. The van der Waals surface area contributed by atoms with E-state index >= 15 is 0 Å². The number of fused-ring (bicyclic) bond motifs is 1. The summed E-state index contributed by atoms with van der Waals surface area (Å²) in [4.78, 5) is 18.6. The van der Waals surface area contributed by atoms with Gasteiger partial charge in [0, 0.05) is 12.1 Å². The van der Waals surface area contributed by atoms with Crippen molar-refractivity contribution in [2.75, 3.05) is 14.2 Å². The van der Waals surface area contributed by atoms with Crippen LogP contribution >= 0.6 is 22.6 Å². The Hall–Kier alpha value is -1.31. The summed E-state index contributed by atoms with van der Waals surface area (Å²) in [6, 6.07) is 3.36. The fourth-order valence-electron chi connectivity index (χ4n) is 1.46. The molecule has 0 aliphatic carbocycles. The Morgan fingerprint density at radius 1 is 1.31 bits per heavy atom. The maximum atomic E-state index is 11.8. The van der Waals surface area contributed by atoms with Crippen molar-refractivity contribution in [2.24, 2.45) is 0 Å². The first-order valence-corrected chi connectivity index (χ1v) is 5.55. The minimum atomic E-state index is -0.214. The lowest BCUT2D eigenvalue weighted by molar-refractivity contribution is 0.397. The molecule has 2 aromatic rings. The zero-order valence-corrected chi connectivity index (χ0v) is 10.9. The lowest BCUT2D eigenvalue weighted by atomic mass is 10.2. The Morgan fingerprint density at radius 3 is 2.69 bits per heavy atom. The van der Waals surface area contributed by atoms with Crippen molar-refractivity contribution in [3.63, 3.8) is 0 Å². The van der Waals surface area contributed by atoms with Crippen LogP contribution in [0.5, 0.6) is 11.5 Å². The molecule has 0 bridgehead atoms. The van der Waals surface area contributed by atoms with Crippen molar-refractivity contribution in [3.05, 3.63) is 26.3 Å². The van der Waals surface area contributed by atoms with Gasteiger partial charge in [-0.3, -0.25) is 4.79 Å². The molecule has 0 fully saturated rings. The van der Waals surface area contributed by atoms with Crippen molar-refractivity contribution >= 4 is 33.5 Å². The molecule has 0 atom stereocenters. The van der Waals surface area contributed by atoms with E-state index in [4.69, 9.17) is 9.47 Å². The number of aromatic amines is 1. The minimum Gasteiger partial charge on any atom is -0.497 e. The molecule has 0 unspecified atom stereocenters. The van der Waals surface area contributed by atoms with E-state index in [1.54, 1.807) is 19.2 Å². The molecule has 16 heavy (non-hydrogen) atoms. The average Bonchev–Trinajstić information content (AvgIpc) is 2.26. The Balaban J connectivity index is 2.89. The second-order valence-corrected chi connectivity index (χ2v) is 4.10. The number of hydrogen-bond acceptors (Lipinski definition) is 4. The van der Waals surface area contributed by atoms with Gasteiger partial charge in [-0.05, 0) is 22.6 Å². The van der Waals surface area contributed by atoms with E-state index < -0.39 is 0 Å². The molecule has 1 heterocycles. The van der Waals surface area contributed by atoms with Gasteiger partial charge in [0.25, 0.3) is 5.56 Å². The van der Waals surface area contributed by atoms with E-state index in [0.717, 1.165) is 0 Å². The molecule has 6 heteroatoms. The third-order valence-corrected chi connectivity index (χ3v) is 2.68. The van der Waals surface area contributed by atoms with Crippen molar-refractivity contribution in [3.8, 4) is 11.5 Å². The topological polar surface area (TPSA) is 64.2 Å². The van der Waals surface area contributed by atoms with Crippen molar-refractivity contribution in [2.45, 2.75) is 0 Å². The summed E-state index contributed by atoms with van der Waals surface area (Å²) in [7, 11) is 3.06. The Bertz CT molecular complexity index is 594. The van der Waals surface area contributed by atoms with Gasteiger partial charge in [-0.25, -0.2) is 4.98 Å². The second kappa shape index (κ2) is 4.28. The highest BCUT2D eigenvalue weighted by molar-refractivity contribution is 14.1. The quantitative estimate of drug-likeness (QED) is 0.669. The molecule has 0 saturated heterocycles. The molecule has 1 aromatic heterocycles. The predicted molar refractivity (Wildman–Crippen MR) is 68.2 cm³/mol. The SMILES string of the molecule is COc1cc(OC)c2c(=O)[nH]c(I)nc2c1. The van der Waals surface area contributed by atoms with Crippen LogP contribution in [0.4, 0.5) is 0 Å². The van der Waals surface area contributed by atoms with Crippen LogP contribution in [-0.4, -0.2) is 24.2 Å². The fraction of sp³-hybridized carbons (Fsp3) is 0.200. The van der Waals surface area contributed by atoms with Gasteiger partial charge in [0.2, 0.25) is 0 Å². The molecule has 0 spiro atoms. The fourth-order valence-corrected chi connectivity index (χ4v) is 1.97. The first kappa shape index (κ1) is 11.2. The molecule has 0 saturated carbocycles. The Labute approximate surface area is 105 Å². The molecule has 5 nitrogen and oxygen atoms in total. The van der Waals surface area contributed by atoms with E-state index in [1.807, 2.05) is 22.6 Å². The summed E-state index contributed by atoms with van der Waals surface area (Å²) in [5.74, 6) is 1.07. The van der Waals surface area contributed by atoms with Crippen LogP contribution < -0.4 is 15.0 Å². The molecule has 0 radical (unpaired) electrons. The number of rotatable bonds is 2. The Morgan fingerprint density at radius 2 is 2.06 bits per heavy atom. The zero-order valence-electron chi connectivity index (χ0n) is 8.70. The molecule has 0 aliphatic heterocycles. The summed E-state index contributed by atoms with van der Waals surface area (Å²) in [5.41, 5.74) is 0.346. The van der Waals surface area contributed by atoms with Crippen LogP contribution in [-0.2, 0) is 0 Å². The van der Waals surface area contributed by atoms with E-state index in [2.05, 4.69) is 9.97 Å². The lowest BCUT2D eigenvalue weighted by Crippen LogP contribution is -2.11. The number of halogens is 1. The van der Waals surface area contributed by atoms with Crippen LogP contribution in [0, 0.1) is 3.83 Å². The second-order valence-electron chi connectivity index (χ2n) is 3.08. The average molecular weight is 332 g/mol. The summed E-state index contributed by atoms with van der Waals surface area (Å²) >= 11 is 1.95. The smallest absolute Gasteiger partial charge is 0.263 e. The van der Waals surface area contributed by atoms with Crippen molar-refractivity contribution < 1.29 is 9.47 Å². The molecule has 0 amide bonds. The monoisotopic (exact) mass is 332 g/mol.